The van der Waals surface area contributed by atoms with Crippen LogP contribution in [0.3, 0.4) is 0 Å². The van der Waals surface area contributed by atoms with Gasteiger partial charge in [0.2, 0.25) is 11.6 Å². The standard InChI is InChI=1S/C17H17ClN6O3/c18-10-1-2-12-11(7-10)16(13(19-12)9-24-3-5-27-6-4-24)14(25)8-15(26)17-20-22-23-21-17/h1-2,7-8,19,25H,3-6,9H2,(H,20,21,22,23)/b14-8+. The second-order valence-corrected chi connectivity index (χ2v) is 6.62. The molecule has 140 valence electrons. The van der Waals surface area contributed by atoms with Gasteiger partial charge in [0, 0.05) is 52.9 Å². The maximum absolute atomic E-state index is 12.2. The highest BCUT2D eigenvalue weighted by Gasteiger charge is 2.21. The van der Waals surface area contributed by atoms with E-state index in [4.69, 9.17) is 16.3 Å². The maximum Gasteiger partial charge on any atom is 0.244 e. The van der Waals surface area contributed by atoms with Crippen molar-refractivity contribution in [2.24, 2.45) is 0 Å². The molecule has 9 nitrogen and oxygen atoms in total. The van der Waals surface area contributed by atoms with Crippen LogP contribution in [-0.2, 0) is 11.3 Å². The van der Waals surface area contributed by atoms with Crippen LogP contribution in [0.4, 0.5) is 0 Å². The molecular weight excluding hydrogens is 372 g/mol. The van der Waals surface area contributed by atoms with Crippen molar-refractivity contribution in [3.05, 3.63) is 46.4 Å². The third-order valence-corrected chi connectivity index (χ3v) is 4.65. The van der Waals surface area contributed by atoms with Crippen LogP contribution in [0.15, 0.2) is 24.3 Å². The summed E-state index contributed by atoms with van der Waals surface area (Å²) in [5.41, 5.74) is 2.16. The van der Waals surface area contributed by atoms with E-state index in [1.54, 1.807) is 12.1 Å². The van der Waals surface area contributed by atoms with Gasteiger partial charge in [-0.05, 0) is 23.4 Å². The zero-order valence-electron chi connectivity index (χ0n) is 14.3. The van der Waals surface area contributed by atoms with Crippen LogP contribution in [-0.4, -0.2) is 67.7 Å². The number of aliphatic hydroxyl groups excluding tert-OH is 1. The highest BCUT2D eigenvalue weighted by atomic mass is 35.5. The van der Waals surface area contributed by atoms with Crippen molar-refractivity contribution in [3.8, 4) is 0 Å². The summed E-state index contributed by atoms with van der Waals surface area (Å²) < 4.78 is 5.39. The Morgan fingerprint density at radius 3 is 2.93 bits per heavy atom. The van der Waals surface area contributed by atoms with E-state index >= 15 is 0 Å². The highest BCUT2D eigenvalue weighted by Crippen LogP contribution is 2.31. The fourth-order valence-corrected chi connectivity index (χ4v) is 3.31. The van der Waals surface area contributed by atoms with Crippen molar-refractivity contribution in [2.75, 3.05) is 26.3 Å². The third kappa shape index (κ3) is 3.70. The topological polar surface area (TPSA) is 120 Å². The number of ether oxygens (including phenoxy) is 1. The Morgan fingerprint density at radius 2 is 2.19 bits per heavy atom. The number of morpholine rings is 1. The predicted octanol–water partition coefficient (Wildman–Crippen LogP) is 1.95. The van der Waals surface area contributed by atoms with Crippen LogP contribution in [0.2, 0.25) is 5.02 Å². The molecule has 1 aromatic carbocycles. The minimum Gasteiger partial charge on any atom is -0.507 e. The Hall–Kier alpha value is -2.75. The molecule has 0 radical (unpaired) electrons. The number of carbonyl (C=O) groups excluding carboxylic acids is 1. The average Bonchev–Trinajstić information content (AvgIpc) is 3.30. The summed E-state index contributed by atoms with van der Waals surface area (Å²) in [5.74, 6) is -0.842. The van der Waals surface area contributed by atoms with Crippen LogP contribution in [0, 0.1) is 0 Å². The maximum atomic E-state index is 12.2. The lowest BCUT2D eigenvalue weighted by molar-refractivity contribution is 0.0337. The number of nitrogens with zero attached hydrogens (tertiary/aromatic N) is 4. The van der Waals surface area contributed by atoms with Crippen LogP contribution >= 0.6 is 11.6 Å². The van der Waals surface area contributed by atoms with Crippen LogP contribution in [0.1, 0.15) is 21.9 Å². The number of hydrogen-bond acceptors (Lipinski definition) is 7. The summed E-state index contributed by atoms with van der Waals surface area (Å²) >= 11 is 6.14. The first-order valence-corrected chi connectivity index (χ1v) is 8.78. The molecule has 27 heavy (non-hydrogen) atoms. The van der Waals surface area contributed by atoms with Crippen LogP contribution in [0.5, 0.6) is 0 Å². The van der Waals surface area contributed by atoms with E-state index in [0.717, 1.165) is 35.8 Å². The molecule has 1 saturated heterocycles. The van der Waals surface area contributed by atoms with E-state index in [-0.39, 0.29) is 11.6 Å². The van der Waals surface area contributed by atoms with Gasteiger partial charge in [0.05, 0.1) is 13.2 Å². The van der Waals surface area contributed by atoms with Crippen molar-refractivity contribution >= 4 is 34.0 Å². The first-order valence-electron chi connectivity index (χ1n) is 8.41. The molecule has 0 spiro atoms. The van der Waals surface area contributed by atoms with Crippen LogP contribution in [0.25, 0.3) is 16.7 Å². The van der Waals surface area contributed by atoms with Gasteiger partial charge in [-0.3, -0.25) is 9.69 Å². The highest BCUT2D eigenvalue weighted by molar-refractivity contribution is 6.31. The number of benzene rings is 1. The third-order valence-electron chi connectivity index (χ3n) is 4.41. The van der Waals surface area contributed by atoms with E-state index in [9.17, 15) is 9.90 Å². The molecule has 0 atom stereocenters. The first kappa shape index (κ1) is 17.7. The summed E-state index contributed by atoms with van der Waals surface area (Å²) in [6.07, 6.45) is 1.09. The van der Waals surface area contributed by atoms with Gasteiger partial charge in [-0.25, -0.2) is 0 Å². The zero-order chi connectivity index (χ0) is 18.8. The number of aliphatic hydroxyl groups is 1. The Labute approximate surface area is 159 Å². The van der Waals surface area contributed by atoms with Gasteiger partial charge in [-0.1, -0.05) is 11.6 Å². The van der Waals surface area contributed by atoms with Gasteiger partial charge in [0.25, 0.3) is 0 Å². The van der Waals surface area contributed by atoms with Gasteiger partial charge < -0.3 is 14.8 Å². The van der Waals surface area contributed by atoms with E-state index in [0.29, 0.717) is 30.3 Å². The number of rotatable bonds is 5. The molecule has 1 aliphatic heterocycles. The molecule has 3 heterocycles. The molecule has 3 aromatic rings. The molecule has 0 bridgehead atoms. The fraction of sp³-hybridized carbons (Fsp3) is 0.294. The smallest absolute Gasteiger partial charge is 0.244 e. The molecule has 1 aliphatic rings. The Morgan fingerprint density at radius 1 is 1.37 bits per heavy atom. The second kappa shape index (κ2) is 7.47. The number of allylic oxidation sites excluding steroid dienone is 1. The van der Waals surface area contributed by atoms with Gasteiger partial charge in [0.15, 0.2) is 0 Å². The minimum atomic E-state index is -0.546. The number of H-pyrrole nitrogens is 2. The molecule has 0 saturated carbocycles. The SMILES string of the molecule is O=C(/C=C(/O)c1c(CN2CCOCC2)[nH]c2ccc(Cl)cc12)c1nn[nH]n1. The molecule has 0 aliphatic carbocycles. The van der Waals surface area contributed by atoms with E-state index in [1.807, 2.05) is 6.07 Å². The Bertz CT molecular complexity index is 992. The number of ketones is 1. The minimum absolute atomic E-state index is 0.117. The average molecular weight is 389 g/mol. The molecule has 1 fully saturated rings. The van der Waals surface area contributed by atoms with Crippen molar-refractivity contribution in [3.63, 3.8) is 0 Å². The monoisotopic (exact) mass is 388 g/mol. The normalized spacial score (nSPS) is 16.1. The molecule has 4 rings (SSSR count). The second-order valence-electron chi connectivity index (χ2n) is 6.19. The van der Waals surface area contributed by atoms with Crippen molar-refractivity contribution in [1.82, 2.24) is 30.5 Å². The van der Waals surface area contributed by atoms with E-state index in [1.165, 1.54) is 0 Å². The van der Waals surface area contributed by atoms with Crippen molar-refractivity contribution < 1.29 is 14.6 Å². The number of tetrazole rings is 1. The quantitative estimate of drug-likeness (QED) is 0.347. The number of halogens is 1. The summed E-state index contributed by atoms with van der Waals surface area (Å²) in [6, 6.07) is 5.38. The van der Waals surface area contributed by atoms with E-state index in [2.05, 4.69) is 30.5 Å². The largest absolute Gasteiger partial charge is 0.507 e. The number of carbonyl (C=O) groups is 1. The summed E-state index contributed by atoms with van der Waals surface area (Å²) in [6.45, 7) is 3.50. The predicted molar refractivity (Wildman–Crippen MR) is 98.5 cm³/mol. The summed E-state index contributed by atoms with van der Waals surface area (Å²) in [4.78, 5) is 17.8. The number of hydrogen-bond donors (Lipinski definition) is 3. The first-order chi connectivity index (χ1) is 13.1. The van der Waals surface area contributed by atoms with Crippen LogP contribution < -0.4 is 0 Å². The Kier molecular flexibility index (Phi) is 4.88. The lowest BCUT2D eigenvalue weighted by atomic mass is 10.1. The number of nitrogens with one attached hydrogen (secondary N) is 2. The number of aromatic amines is 2. The summed E-state index contributed by atoms with van der Waals surface area (Å²) in [7, 11) is 0. The molecule has 10 heteroatoms. The molecule has 0 unspecified atom stereocenters. The lowest BCUT2D eigenvalue weighted by Crippen LogP contribution is -2.35. The zero-order valence-corrected chi connectivity index (χ0v) is 15.0. The number of fused-ring (bicyclic) bond motifs is 1. The molecule has 2 aromatic heterocycles. The summed E-state index contributed by atoms with van der Waals surface area (Å²) in [5, 5.41) is 24.9. The molecule has 0 amide bonds. The number of aromatic nitrogens is 5. The van der Waals surface area contributed by atoms with Crippen molar-refractivity contribution in [2.45, 2.75) is 6.54 Å². The van der Waals surface area contributed by atoms with Crippen molar-refractivity contribution in [1.29, 1.82) is 0 Å². The van der Waals surface area contributed by atoms with Gasteiger partial charge >= 0.3 is 0 Å². The van der Waals surface area contributed by atoms with Gasteiger partial charge in [0.1, 0.15) is 5.76 Å². The van der Waals surface area contributed by atoms with Gasteiger partial charge in [-0.2, -0.15) is 5.21 Å². The molecular formula is C17H17ClN6O3. The van der Waals surface area contributed by atoms with Gasteiger partial charge in [-0.15, -0.1) is 10.2 Å². The fourth-order valence-electron chi connectivity index (χ4n) is 3.14. The Balaban J connectivity index is 1.75. The molecule has 3 N–H and O–H groups in total. The lowest BCUT2D eigenvalue weighted by Gasteiger charge is -2.26. The van der Waals surface area contributed by atoms with E-state index < -0.39 is 5.78 Å².